The van der Waals surface area contributed by atoms with Crippen LogP contribution in [0.3, 0.4) is 0 Å². The molecule has 20 heavy (non-hydrogen) atoms. The van der Waals surface area contributed by atoms with Crippen molar-refractivity contribution < 1.29 is 39.5 Å². The molecule has 1 aromatic carbocycles. The molecule has 0 N–H and O–H groups in total. The molecule has 0 saturated carbocycles. The van der Waals surface area contributed by atoms with Gasteiger partial charge in [-0.25, -0.2) is 8.42 Å². The molecule has 0 radical (unpaired) electrons. The predicted octanol–water partition coefficient (Wildman–Crippen LogP) is 3.76. The monoisotopic (exact) mass is 342 g/mol. The van der Waals surface area contributed by atoms with Crippen LogP contribution in [-0.4, -0.2) is 21.0 Å². The van der Waals surface area contributed by atoms with Crippen molar-refractivity contribution in [1.82, 2.24) is 0 Å². The van der Waals surface area contributed by atoms with E-state index in [-0.39, 0.29) is 0 Å². The minimum absolute atomic E-state index is 0.541. The first kappa shape index (κ1) is 16.9. The van der Waals surface area contributed by atoms with Gasteiger partial charge in [-0.3, -0.25) is 0 Å². The topological polar surface area (TPSA) is 43.4 Å². The summed E-state index contributed by atoms with van der Waals surface area (Å²) in [5, 5.41) is -3.03. The van der Waals surface area contributed by atoms with Crippen molar-refractivity contribution in [3.8, 4) is 5.75 Å². The largest absolute Gasteiger partial charge is 0.573 e. The Kier molecular flexibility index (Phi) is 4.49. The summed E-state index contributed by atoms with van der Waals surface area (Å²) in [7, 11) is -0.334. The number of rotatable bonds is 3. The molecule has 0 amide bonds. The molecular formula is C9H5ClF6O3S. The third-order valence-corrected chi connectivity index (χ3v) is 3.63. The van der Waals surface area contributed by atoms with Crippen molar-refractivity contribution in [1.29, 1.82) is 0 Å². The van der Waals surface area contributed by atoms with Crippen LogP contribution in [0.15, 0.2) is 24.3 Å². The van der Waals surface area contributed by atoms with E-state index in [1.165, 1.54) is 0 Å². The summed E-state index contributed by atoms with van der Waals surface area (Å²) >= 11 is 0. The van der Waals surface area contributed by atoms with Gasteiger partial charge >= 0.3 is 12.5 Å². The Morgan fingerprint density at radius 3 is 1.75 bits per heavy atom. The first-order valence-corrected chi connectivity index (χ1v) is 7.04. The molecule has 0 aliphatic rings. The van der Waals surface area contributed by atoms with Gasteiger partial charge in [0, 0.05) is 10.7 Å². The molecule has 0 fully saturated rings. The first-order chi connectivity index (χ1) is 8.81. The van der Waals surface area contributed by atoms with Crippen LogP contribution in [0.25, 0.3) is 0 Å². The summed E-state index contributed by atoms with van der Waals surface area (Å²) in [5.74, 6) is -0.783. The third-order valence-electron chi connectivity index (χ3n) is 2.00. The Balaban J connectivity index is 3.13. The fraction of sp³-hybridized carbons (Fsp3) is 0.333. The third kappa shape index (κ3) is 4.75. The normalized spacial score (nSPS) is 14.9. The molecule has 11 heteroatoms. The van der Waals surface area contributed by atoms with Crippen molar-refractivity contribution >= 4 is 19.7 Å². The van der Waals surface area contributed by atoms with E-state index in [1.54, 1.807) is 0 Å². The Hall–Kier alpha value is -1.16. The Bertz CT molecular complexity index is 563. The minimum Gasteiger partial charge on any atom is -0.406 e. The van der Waals surface area contributed by atoms with Crippen LogP contribution in [0.4, 0.5) is 26.3 Å². The van der Waals surface area contributed by atoms with Crippen LogP contribution in [0.5, 0.6) is 5.75 Å². The van der Waals surface area contributed by atoms with Gasteiger partial charge in [0.05, 0.1) is 0 Å². The molecule has 114 valence electrons. The highest BCUT2D eigenvalue weighted by Crippen LogP contribution is 2.41. The van der Waals surface area contributed by atoms with Crippen molar-refractivity contribution in [2.75, 3.05) is 0 Å². The molecule has 0 aliphatic carbocycles. The highest BCUT2D eigenvalue weighted by molar-refractivity contribution is 8.14. The SMILES string of the molecule is O=S(=O)(Cl)C(c1ccc(OC(F)(F)F)cc1)C(F)(F)F. The van der Waals surface area contributed by atoms with Crippen LogP contribution in [0.2, 0.25) is 0 Å². The number of benzene rings is 1. The van der Waals surface area contributed by atoms with Crippen molar-refractivity contribution in [2.24, 2.45) is 0 Å². The molecule has 1 unspecified atom stereocenters. The molecular weight excluding hydrogens is 338 g/mol. The van der Waals surface area contributed by atoms with Crippen LogP contribution in [-0.2, 0) is 9.05 Å². The fourth-order valence-electron chi connectivity index (χ4n) is 1.36. The van der Waals surface area contributed by atoms with E-state index >= 15 is 0 Å². The number of hydrogen-bond donors (Lipinski definition) is 0. The maximum Gasteiger partial charge on any atom is 0.573 e. The molecule has 0 spiro atoms. The van der Waals surface area contributed by atoms with Gasteiger partial charge in [0.1, 0.15) is 5.75 Å². The lowest BCUT2D eigenvalue weighted by molar-refractivity contribution is -0.274. The zero-order chi connectivity index (χ0) is 15.8. The zero-order valence-electron chi connectivity index (χ0n) is 9.17. The summed E-state index contributed by atoms with van der Waals surface area (Å²) in [4.78, 5) is 0. The number of alkyl halides is 6. The van der Waals surface area contributed by atoms with E-state index in [0.29, 0.717) is 24.3 Å². The Morgan fingerprint density at radius 1 is 1.00 bits per heavy atom. The highest BCUT2D eigenvalue weighted by Gasteiger charge is 2.49. The molecule has 0 saturated heterocycles. The van der Waals surface area contributed by atoms with E-state index in [4.69, 9.17) is 10.7 Å². The van der Waals surface area contributed by atoms with E-state index in [0.717, 1.165) is 0 Å². The quantitative estimate of drug-likeness (QED) is 0.620. The van der Waals surface area contributed by atoms with E-state index < -0.39 is 38.2 Å². The second-order valence-electron chi connectivity index (χ2n) is 3.51. The lowest BCUT2D eigenvalue weighted by Crippen LogP contribution is -2.25. The van der Waals surface area contributed by atoms with Crippen LogP contribution >= 0.6 is 10.7 Å². The van der Waals surface area contributed by atoms with Gasteiger partial charge in [-0.05, 0) is 17.7 Å². The molecule has 0 heterocycles. The van der Waals surface area contributed by atoms with Crippen molar-refractivity contribution in [2.45, 2.75) is 17.8 Å². The minimum atomic E-state index is -5.20. The first-order valence-electron chi connectivity index (χ1n) is 4.66. The van der Waals surface area contributed by atoms with E-state index in [9.17, 15) is 34.8 Å². The van der Waals surface area contributed by atoms with Crippen molar-refractivity contribution in [3.05, 3.63) is 29.8 Å². The second-order valence-corrected chi connectivity index (χ2v) is 6.23. The van der Waals surface area contributed by atoms with Crippen LogP contribution in [0.1, 0.15) is 10.8 Å². The predicted molar refractivity (Wildman–Crippen MR) is 56.7 cm³/mol. The van der Waals surface area contributed by atoms with Crippen LogP contribution < -0.4 is 4.74 Å². The maximum absolute atomic E-state index is 12.6. The van der Waals surface area contributed by atoms with Gasteiger partial charge < -0.3 is 4.74 Å². The van der Waals surface area contributed by atoms with E-state index in [2.05, 4.69) is 4.74 Å². The van der Waals surface area contributed by atoms with Crippen LogP contribution in [0, 0.1) is 0 Å². The average Bonchev–Trinajstić information content (AvgIpc) is 2.14. The van der Waals surface area contributed by atoms with E-state index in [1.807, 2.05) is 0 Å². The molecule has 0 aliphatic heterocycles. The van der Waals surface area contributed by atoms with Gasteiger partial charge in [0.25, 0.3) is 0 Å². The van der Waals surface area contributed by atoms with Crippen molar-refractivity contribution in [3.63, 3.8) is 0 Å². The lowest BCUT2D eigenvalue weighted by Gasteiger charge is -2.18. The number of ether oxygens (including phenoxy) is 1. The molecule has 1 rings (SSSR count). The maximum atomic E-state index is 12.6. The van der Waals surface area contributed by atoms with Gasteiger partial charge in [-0.15, -0.1) is 13.2 Å². The molecule has 1 aromatic rings. The standard InChI is InChI=1S/C9H5ClF6O3S/c10-20(17,18)7(8(11,12)13)5-1-3-6(4-2-5)19-9(14,15)16/h1-4,7H. The fourth-order valence-corrected chi connectivity index (χ4v) is 2.77. The number of halogens is 7. The lowest BCUT2D eigenvalue weighted by atomic mass is 10.1. The second kappa shape index (κ2) is 5.32. The molecule has 3 nitrogen and oxygen atoms in total. The van der Waals surface area contributed by atoms with Gasteiger partial charge in [-0.1, -0.05) is 12.1 Å². The molecule has 0 aromatic heterocycles. The summed E-state index contributed by atoms with van der Waals surface area (Å²) in [5.41, 5.74) is -0.818. The van der Waals surface area contributed by atoms with Gasteiger partial charge in [0.15, 0.2) is 5.25 Å². The summed E-state index contributed by atoms with van der Waals surface area (Å²) in [6.45, 7) is 0. The Morgan fingerprint density at radius 2 is 1.45 bits per heavy atom. The summed E-state index contributed by atoms with van der Waals surface area (Å²) in [6, 6.07) is 2.20. The summed E-state index contributed by atoms with van der Waals surface area (Å²) < 4.78 is 98.7. The zero-order valence-corrected chi connectivity index (χ0v) is 10.7. The molecule has 1 atom stereocenters. The highest BCUT2D eigenvalue weighted by atomic mass is 35.7. The number of hydrogen-bond acceptors (Lipinski definition) is 3. The van der Waals surface area contributed by atoms with Gasteiger partial charge in [0.2, 0.25) is 9.05 Å². The average molecular weight is 343 g/mol. The summed E-state index contributed by atoms with van der Waals surface area (Å²) in [6.07, 6.45) is -10.2. The Labute approximate surface area is 113 Å². The molecule has 0 bridgehead atoms. The van der Waals surface area contributed by atoms with Gasteiger partial charge in [-0.2, -0.15) is 13.2 Å². The smallest absolute Gasteiger partial charge is 0.406 e.